The van der Waals surface area contributed by atoms with Crippen LogP contribution >= 0.6 is 0 Å². The number of hydrogen-bond acceptors (Lipinski definition) is 3. The molecule has 1 fully saturated rings. The molecule has 1 saturated heterocycles. The summed E-state index contributed by atoms with van der Waals surface area (Å²) in [5.74, 6) is -0.305. The molecule has 1 heterocycles. The lowest BCUT2D eigenvalue weighted by Crippen LogP contribution is -2.38. The number of likely N-dealkylation sites (tertiary alicyclic amines) is 1. The minimum absolute atomic E-state index is 0.0437. The fourth-order valence-electron chi connectivity index (χ4n) is 3.58. The molecule has 1 aliphatic heterocycles. The third kappa shape index (κ3) is 5.67. The minimum Gasteiger partial charge on any atom is -0.350 e. The molecule has 1 N–H and O–H groups in total. The molecule has 5 heteroatoms. The summed E-state index contributed by atoms with van der Waals surface area (Å²) in [6, 6.07) is 17.3. The summed E-state index contributed by atoms with van der Waals surface area (Å²) >= 11 is 0. The number of rotatable bonds is 7. The average molecular weight is 380 g/mol. The first-order chi connectivity index (χ1) is 13.6. The van der Waals surface area contributed by atoms with Crippen LogP contribution in [-0.2, 0) is 17.9 Å². The van der Waals surface area contributed by atoms with Crippen LogP contribution in [0, 0.1) is 0 Å². The molecule has 0 radical (unpaired) electrons. The Morgan fingerprint density at radius 2 is 1.57 bits per heavy atom. The summed E-state index contributed by atoms with van der Waals surface area (Å²) < 4.78 is 0. The van der Waals surface area contributed by atoms with Gasteiger partial charge in [0.15, 0.2) is 0 Å². The summed E-state index contributed by atoms with van der Waals surface area (Å²) in [7, 11) is 1.65. The minimum atomic E-state index is -0.153. The largest absolute Gasteiger partial charge is 0.350 e. The molecule has 0 spiro atoms. The lowest BCUT2D eigenvalue weighted by molar-refractivity contribution is -0.121. The van der Waals surface area contributed by atoms with Gasteiger partial charge in [0.05, 0.1) is 6.54 Å². The molecule has 2 aromatic rings. The molecule has 2 amide bonds. The van der Waals surface area contributed by atoms with E-state index < -0.39 is 0 Å². The molecule has 5 nitrogen and oxygen atoms in total. The van der Waals surface area contributed by atoms with Crippen molar-refractivity contribution in [2.24, 2.45) is 0 Å². The summed E-state index contributed by atoms with van der Waals surface area (Å²) in [6.45, 7) is 3.75. The van der Waals surface area contributed by atoms with E-state index in [-0.39, 0.29) is 18.4 Å². The van der Waals surface area contributed by atoms with Crippen molar-refractivity contribution >= 4 is 11.8 Å². The Kier molecular flexibility index (Phi) is 7.20. The van der Waals surface area contributed by atoms with Gasteiger partial charge in [0.1, 0.15) is 0 Å². The molecule has 0 bridgehead atoms. The maximum atomic E-state index is 12.4. The highest BCUT2D eigenvalue weighted by Gasteiger charge is 2.16. The van der Waals surface area contributed by atoms with Crippen LogP contribution in [0.25, 0.3) is 0 Å². The van der Waals surface area contributed by atoms with Gasteiger partial charge in [0, 0.05) is 25.7 Å². The molecule has 0 unspecified atom stereocenters. The second-order valence-corrected chi connectivity index (χ2v) is 7.41. The average Bonchev–Trinajstić information content (AvgIpc) is 2.74. The third-order valence-electron chi connectivity index (χ3n) is 5.19. The molecular formula is C23H29N3O2. The van der Waals surface area contributed by atoms with E-state index in [1.165, 1.54) is 29.7 Å². The topological polar surface area (TPSA) is 52.7 Å². The van der Waals surface area contributed by atoms with Crippen LogP contribution in [0.15, 0.2) is 54.6 Å². The van der Waals surface area contributed by atoms with Crippen molar-refractivity contribution < 1.29 is 9.59 Å². The van der Waals surface area contributed by atoms with Crippen molar-refractivity contribution in [1.29, 1.82) is 0 Å². The van der Waals surface area contributed by atoms with E-state index in [4.69, 9.17) is 0 Å². The first kappa shape index (κ1) is 20.1. The molecule has 148 valence electrons. The van der Waals surface area contributed by atoms with Gasteiger partial charge >= 0.3 is 0 Å². The summed E-state index contributed by atoms with van der Waals surface area (Å²) in [4.78, 5) is 28.7. The number of likely N-dealkylation sites (N-methyl/N-ethyl adjacent to an activating group) is 1. The quantitative estimate of drug-likeness (QED) is 0.804. The van der Waals surface area contributed by atoms with Gasteiger partial charge in [-0.15, -0.1) is 0 Å². The predicted molar refractivity (Wildman–Crippen MR) is 111 cm³/mol. The van der Waals surface area contributed by atoms with Gasteiger partial charge in [-0.3, -0.25) is 14.5 Å². The van der Waals surface area contributed by atoms with Gasteiger partial charge < -0.3 is 10.2 Å². The Bertz CT molecular complexity index is 785. The molecule has 2 aromatic carbocycles. The van der Waals surface area contributed by atoms with Crippen LogP contribution in [0.5, 0.6) is 0 Å². The molecule has 28 heavy (non-hydrogen) atoms. The zero-order chi connectivity index (χ0) is 19.8. The standard InChI is InChI=1S/C23H29N3O2/c1-25(23(28)19-10-4-2-5-11-19)18-22(27)24-16-20-12-6-7-13-21(20)17-26-14-8-3-9-15-26/h2,4-7,10-13H,3,8-9,14-18H2,1H3,(H,24,27). The number of nitrogens with one attached hydrogen (secondary N) is 1. The fraction of sp³-hybridized carbons (Fsp3) is 0.391. The normalized spacial score (nSPS) is 14.5. The van der Waals surface area contributed by atoms with Crippen molar-refractivity contribution in [3.63, 3.8) is 0 Å². The van der Waals surface area contributed by atoms with Gasteiger partial charge in [0.2, 0.25) is 5.91 Å². The van der Waals surface area contributed by atoms with Gasteiger partial charge in [-0.25, -0.2) is 0 Å². The Hall–Kier alpha value is -2.66. The van der Waals surface area contributed by atoms with E-state index in [9.17, 15) is 9.59 Å². The molecule has 3 rings (SSSR count). The van der Waals surface area contributed by atoms with E-state index in [0.29, 0.717) is 12.1 Å². The van der Waals surface area contributed by atoms with Crippen LogP contribution in [0.3, 0.4) is 0 Å². The van der Waals surface area contributed by atoms with E-state index in [1.54, 1.807) is 19.2 Å². The van der Waals surface area contributed by atoms with E-state index >= 15 is 0 Å². The zero-order valence-corrected chi connectivity index (χ0v) is 16.6. The predicted octanol–water partition coefficient (Wildman–Crippen LogP) is 3.06. The van der Waals surface area contributed by atoms with Crippen LogP contribution in [-0.4, -0.2) is 48.3 Å². The monoisotopic (exact) mass is 379 g/mol. The number of carbonyl (C=O) groups is 2. The number of nitrogens with zero attached hydrogens (tertiary/aromatic N) is 2. The van der Waals surface area contributed by atoms with E-state index in [0.717, 1.165) is 25.2 Å². The van der Waals surface area contributed by atoms with Gasteiger partial charge in [-0.1, -0.05) is 48.9 Å². The Balaban J connectivity index is 1.52. The highest BCUT2D eigenvalue weighted by molar-refractivity contribution is 5.96. The number of benzene rings is 2. The van der Waals surface area contributed by atoms with Gasteiger partial charge in [-0.05, 0) is 49.2 Å². The van der Waals surface area contributed by atoms with E-state index in [1.807, 2.05) is 24.3 Å². The lowest BCUT2D eigenvalue weighted by Gasteiger charge is -2.27. The molecule has 0 saturated carbocycles. The number of piperidine rings is 1. The maximum Gasteiger partial charge on any atom is 0.254 e. The van der Waals surface area contributed by atoms with Crippen molar-refractivity contribution in [3.05, 3.63) is 71.3 Å². The summed E-state index contributed by atoms with van der Waals surface area (Å²) in [5, 5.41) is 2.96. The fourth-order valence-corrected chi connectivity index (χ4v) is 3.58. The zero-order valence-electron chi connectivity index (χ0n) is 16.6. The molecule has 0 aromatic heterocycles. The van der Waals surface area contributed by atoms with Crippen molar-refractivity contribution in [2.45, 2.75) is 32.4 Å². The van der Waals surface area contributed by atoms with Crippen molar-refractivity contribution in [2.75, 3.05) is 26.7 Å². The van der Waals surface area contributed by atoms with Crippen LogP contribution in [0.1, 0.15) is 40.7 Å². The van der Waals surface area contributed by atoms with Gasteiger partial charge in [-0.2, -0.15) is 0 Å². The number of hydrogen-bond donors (Lipinski definition) is 1. The second-order valence-electron chi connectivity index (χ2n) is 7.41. The van der Waals surface area contributed by atoms with Crippen molar-refractivity contribution in [1.82, 2.24) is 15.1 Å². The van der Waals surface area contributed by atoms with Crippen molar-refractivity contribution in [3.8, 4) is 0 Å². The molecule has 1 aliphatic rings. The van der Waals surface area contributed by atoms with E-state index in [2.05, 4.69) is 28.4 Å². The van der Waals surface area contributed by atoms with Crippen LogP contribution in [0.2, 0.25) is 0 Å². The first-order valence-corrected chi connectivity index (χ1v) is 10.00. The highest BCUT2D eigenvalue weighted by Crippen LogP contribution is 2.16. The molecule has 0 aliphatic carbocycles. The van der Waals surface area contributed by atoms with Gasteiger partial charge in [0.25, 0.3) is 5.91 Å². The summed E-state index contributed by atoms with van der Waals surface area (Å²) in [6.07, 6.45) is 3.85. The second kappa shape index (κ2) is 10.0. The Morgan fingerprint density at radius 1 is 0.929 bits per heavy atom. The lowest BCUT2D eigenvalue weighted by atomic mass is 10.0. The Labute approximate surface area is 167 Å². The highest BCUT2D eigenvalue weighted by atomic mass is 16.2. The maximum absolute atomic E-state index is 12.4. The SMILES string of the molecule is CN(CC(=O)NCc1ccccc1CN1CCCCC1)C(=O)c1ccccc1. The molecular weight excluding hydrogens is 350 g/mol. The van der Waals surface area contributed by atoms with Crippen LogP contribution in [0.4, 0.5) is 0 Å². The number of amides is 2. The third-order valence-corrected chi connectivity index (χ3v) is 5.19. The number of carbonyl (C=O) groups excluding carboxylic acids is 2. The van der Waals surface area contributed by atoms with Crippen LogP contribution < -0.4 is 5.32 Å². The smallest absolute Gasteiger partial charge is 0.254 e. The summed E-state index contributed by atoms with van der Waals surface area (Å²) in [5.41, 5.74) is 2.99. The Morgan fingerprint density at radius 3 is 2.29 bits per heavy atom. The first-order valence-electron chi connectivity index (χ1n) is 10.00. The molecule has 0 atom stereocenters.